The number of anilines is 1. The predicted molar refractivity (Wildman–Crippen MR) is 104 cm³/mol. The number of aromatic nitrogens is 2. The summed E-state index contributed by atoms with van der Waals surface area (Å²) in [5.74, 6) is 1.11. The van der Waals surface area contributed by atoms with Gasteiger partial charge in [0.25, 0.3) is 0 Å². The van der Waals surface area contributed by atoms with Gasteiger partial charge in [0.15, 0.2) is 0 Å². The van der Waals surface area contributed by atoms with Gasteiger partial charge >= 0.3 is 0 Å². The van der Waals surface area contributed by atoms with Crippen molar-refractivity contribution < 1.29 is 0 Å². The van der Waals surface area contributed by atoms with Gasteiger partial charge in [-0.05, 0) is 53.9 Å². The van der Waals surface area contributed by atoms with E-state index in [-0.39, 0.29) is 0 Å². The Morgan fingerprint density at radius 2 is 1.96 bits per heavy atom. The summed E-state index contributed by atoms with van der Waals surface area (Å²) in [5, 5.41) is 3.80. The summed E-state index contributed by atoms with van der Waals surface area (Å²) in [6.07, 6.45) is 8.59. The number of nitrogens with zero attached hydrogens (tertiary/aromatic N) is 2. The Labute approximate surface area is 151 Å². The van der Waals surface area contributed by atoms with Crippen molar-refractivity contribution in [3.63, 3.8) is 0 Å². The third-order valence-electron chi connectivity index (χ3n) is 4.82. The minimum absolute atomic E-state index is 0.543. The Bertz CT molecular complexity index is 862. The highest BCUT2D eigenvalue weighted by Crippen LogP contribution is 2.32. The Morgan fingerprint density at radius 1 is 1.12 bits per heavy atom. The minimum atomic E-state index is 0.543. The van der Waals surface area contributed by atoms with Crippen LogP contribution in [0.2, 0.25) is 0 Å². The quantitative estimate of drug-likeness (QED) is 0.617. The lowest BCUT2D eigenvalue weighted by Crippen LogP contribution is -2.23. The summed E-state index contributed by atoms with van der Waals surface area (Å²) < 4.78 is 3.24. The van der Waals surface area contributed by atoms with Crippen LogP contribution in [-0.4, -0.2) is 15.4 Å². The second-order valence-corrected chi connectivity index (χ2v) is 7.65. The molecule has 0 spiro atoms. The minimum Gasteiger partial charge on any atom is -0.367 e. The molecule has 1 N–H and O–H groups in total. The maximum atomic E-state index is 4.91. The third kappa shape index (κ3) is 3.07. The van der Waals surface area contributed by atoms with E-state index in [4.69, 9.17) is 4.98 Å². The molecule has 24 heavy (non-hydrogen) atoms. The van der Waals surface area contributed by atoms with Crippen molar-refractivity contribution in [1.82, 2.24) is 9.38 Å². The third-order valence-corrected chi connectivity index (χ3v) is 5.29. The van der Waals surface area contributed by atoms with Gasteiger partial charge in [-0.25, -0.2) is 4.98 Å². The topological polar surface area (TPSA) is 29.3 Å². The summed E-state index contributed by atoms with van der Waals surface area (Å²) in [7, 11) is 0. The van der Waals surface area contributed by atoms with Crippen LogP contribution in [0.25, 0.3) is 16.9 Å². The van der Waals surface area contributed by atoms with Crippen LogP contribution in [-0.2, 0) is 0 Å². The van der Waals surface area contributed by atoms with E-state index in [1.165, 1.54) is 43.2 Å². The normalized spacial score (nSPS) is 15.8. The fraction of sp³-hybridized carbons (Fsp3) is 0.350. The average molecular weight is 384 g/mol. The van der Waals surface area contributed by atoms with Gasteiger partial charge in [-0.3, -0.25) is 4.40 Å². The number of imidazole rings is 1. The average Bonchev–Trinajstić information content (AvgIpc) is 2.94. The van der Waals surface area contributed by atoms with Gasteiger partial charge in [0.1, 0.15) is 17.2 Å². The zero-order valence-electron chi connectivity index (χ0n) is 13.9. The molecule has 0 aliphatic heterocycles. The number of pyridine rings is 1. The first-order chi connectivity index (χ1) is 11.7. The molecule has 1 aliphatic rings. The van der Waals surface area contributed by atoms with Crippen molar-refractivity contribution in [2.75, 3.05) is 5.32 Å². The number of benzene rings is 1. The summed E-state index contributed by atoms with van der Waals surface area (Å²) in [6, 6.07) is 13.3. The van der Waals surface area contributed by atoms with Crippen LogP contribution in [0.3, 0.4) is 0 Å². The zero-order valence-corrected chi connectivity index (χ0v) is 15.5. The maximum absolute atomic E-state index is 4.91. The Kier molecular flexibility index (Phi) is 4.31. The van der Waals surface area contributed by atoms with Crippen LogP contribution in [0, 0.1) is 6.92 Å². The zero-order chi connectivity index (χ0) is 16.5. The second-order valence-electron chi connectivity index (χ2n) is 6.73. The smallest absolute Gasteiger partial charge is 0.139 e. The van der Waals surface area contributed by atoms with Crippen molar-refractivity contribution in [2.45, 2.75) is 45.1 Å². The molecule has 3 nitrogen and oxygen atoms in total. The standard InChI is InChI=1S/C20H22BrN3/c1-14-6-5-7-15(12-14)19-20(22-17-8-3-2-4-9-17)24-13-16(21)10-11-18(24)23-19/h5-7,10-13,17,22H,2-4,8-9H2,1H3. The molecule has 0 atom stereocenters. The van der Waals surface area contributed by atoms with E-state index in [0.717, 1.165) is 21.6 Å². The van der Waals surface area contributed by atoms with E-state index in [1.54, 1.807) is 0 Å². The molecule has 3 aromatic rings. The van der Waals surface area contributed by atoms with Crippen molar-refractivity contribution in [2.24, 2.45) is 0 Å². The highest BCUT2D eigenvalue weighted by atomic mass is 79.9. The molecule has 4 rings (SSSR count). The van der Waals surface area contributed by atoms with Crippen LogP contribution in [0.15, 0.2) is 47.1 Å². The number of fused-ring (bicyclic) bond motifs is 1. The van der Waals surface area contributed by atoms with Crippen LogP contribution < -0.4 is 5.32 Å². The van der Waals surface area contributed by atoms with Crippen LogP contribution in [0.1, 0.15) is 37.7 Å². The van der Waals surface area contributed by atoms with Gasteiger partial charge in [-0.2, -0.15) is 0 Å². The molecule has 1 aliphatic carbocycles. The largest absolute Gasteiger partial charge is 0.367 e. The fourth-order valence-corrected chi connectivity index (χ4v) is 3.93. The molecule has 2 aromatic heterocycles. The van der Waals surface area contributed by atoms with E-state index in [0.29, 0.717) is 6.04 Å². The van der Waals surface area contributed by atoms with E-state index < -0.39 is 0 Å². The van der Waals surface area contributed by atoms with Gasteiger partial charge in [0, 0.05) is 22.3 Å². The van der Waals surface area contributed by atoms with Crippen LogP contribution in [0.5, 0.6) is 0 Å². The molecule has 1 saturated carbocycles. The first-order valence-electron chi connectivity index (χ1n) is 8.72. The van der Waals surface area contributed by atoms with E-state index in [1.807, 2.05) is 6.07 Å². The highest BCUT2D eigenvalue weighted by molar-refractivity contribution is 9.10. The lowest BCUT2D eigenvalue weighted by molar-refractivity contribution is 0.462. The first-order valence-corrected chi connectivity index (χ1v) is 9.51. The number of rotatable bonds is 3. The monoisotopic (exact) mass is 383 g/mol. The molecule has 2 heterocycles. The number of nitrogens with one attached hydrogen (secondary N) is 1. The van der Waals surface area contributed by atoms with Gasteiger partial charge in [-0.1, -0.05) is 43.0 Å². The van der Waals surface area contributed by atoms with Crippen LogP contribution in [0.4, 0.5) is 5.82 Å². The molecule has 4 heteroatoms. The number of aryl methyl sites for hydroxylation is 1. The highest BCUT2D eigenvalue weighted by Gasteiger charge is 2.19. The molecule has 0 unspecified atom stereocenters. The summed E-state index contributed by atoms with van der Waals surface area (Å²) in [5.41, 5.74) is 4.46. The summed E-state index contributed by atoms with van der Waals surface area (Å²) >= 11 is 3.59. The number of hydrogen-bond acceptors (Lipinski definition) is 2. The molecule has 0 bridgehead atoms. The van der Waals surface area contributed by atoms with E-state index in [2.05, 4.69) is 69.1 Å². The Balaban J connectivity index is 1.83. The molecule has 0 saturated heterocycles. The lowest BCUT2D eigenvalue weighted by Gasteiger charge is -2.24. The van der Waals surface area contributed by atoms with E-state index >= 15 is 0 Å². The maximum Gasteiger partial charge on any atom is 0.139 e. The Hall–Kier alpha value is -1.81. The van der Waals surface area contributed by atoms with Gasteiger partial charge in [-0.15, -0.1) is 0 Å². The first kappa shape index (κ1) is 15.7. The van der Waals surface area contributed by atoms with Crippen molar-refractivity contribution in [3.8, 4) is 11.3 Å². The number of halogens is 1. The lowest BCUT2D eigenvalue weighted by atomic mass is 9.95. The second kappa shape index (κ2) is 6.60. The van der Waals surface area contributed by atoms with Gasteiger partial charge in [0.2, 0.25) is 0 Å². The molecule has 0 amide bonds. The van der Waals surface area contributed by atoms with Crippen LogP contribution >= 0.6 is 15.9 Å². The summed E-state index contributed by atoms with van der Waals surface area (Å²) in [4.78, 5) is 4.91. The molecule has 1 aromatic carbocycles. The van der Waals surface area contributed by atoms with Crippen molar-refractivity contribution >= 4 is 27.4 Å². The fourth-order valence-electron chi connectivity index (χ4n) is 3.59. The molecule has 0 radical (unpaired) electrons. The van der Waals surface area contributed by atoms with Crippen molar-refractivity contribution in [3.05, 3.63) is 52.6 Å². The molecule has 1 fully saturated rings. The van der Waals surface area contributed by atoms with Crippen molar-refractivity contribution in [1.29, 1.82) is 0 Å². The molecular formula is C20H22BrN3. The van der Waals surface area contributed by atoms with Gasteiger partial charge in [0.05, 0.1) is 0 Å². The SMILES string of the molecule is Cc1cccc(-c2nc3ccc(Br)cn3c2NC2CCCCC2)c1. The van der Waals surface area contributed by atoms with Gasteiger partial charge < -0.3 is 5.32 Å². The number of hydrogen-bond donors (Lipinski definition) is 1. The molecule has 124 valence electrons. The predicted octanol–water partition coefficient (Wildman–Crippen LogP) is 5.82. The molecular weight excluding hydrogens is 362 g/mol. The van der Waals surface area contributed by atoms with E-state index in [9.17, 15) is 0 Å². The Morgan fingerprint density at radius 3 is 2.75 bits per heavy atom. The summed E-state index contributed by atoms with van der Waals surface area (Å²) in [6.45, 7) is 2.13.